The largest absolute Gasteiger partial charge is 0.353 e. The third-order valence-corrected chi connectivity index (χ3v) is 3.12. The van der Waals surface area contributed by atoms with Crippen LogP contribution in [0.2, 0.25) is 0 Å². The summed E-state index contributed by atoms with van der Waals surface area (Å²) in [5.74, 6) is 1.04. The summed E-state index contributed by atoms with van der Waals surface area (Å²) < 4.78 is 1.79. The predicted molar refractivity (Wildman–Crippen MR) is 67.3 cm³/mol. The van der Waals surface area contributed by atoms with Gasteiger partial charge < -0.3 is 10.2 Å². The van der Waals surface area contributed by atoms with Crippen molar-refractivity contribution >= 4 is 11.5 Å². The molecule has 90 valence electrons. The molecular weight excluding hydrogens is 214 g/mol. The Morgan fingerprint density at radius 3 is 2.76 bits per heavy atom. The van der Waals surface area contributed by atoms with Crippen molar-refractivity contribution in [2.45, 2.75) is 25.9 Å². The van der Waals surface area contributed by atoms with Crippen molar-refractivity contribution in [3.63, 3.8) is 0 Å². The number of nitrogens with one attached hydrogen (secondary N) is 1. The Bertz CT molecular complexity index is 510. The summed E-state index contributed by atoms with van der Waals surface area (Å²) >= 11 is 0. The molecule has 3 heterocycles. The third kappa shape index (κ3) is 1.98. The van der Waals surface area contributed by atoms with E-state index < -0.39 is 0 Å². The van der Waals surface area contributed by atoms with E-state index in [1.54, 1.807) is 10.7 Å². The number of piperazine rings is 1. The molecule has 2 unspecified atom stereocenters. The number of nitrogens with zero attached hydrogens (tertiary/aromatic N) is 4. The van der Waals surface area contributed by atoms with Gasteiger partial charge in [-0.3, -0.25) is 0 Å². The lowest BCUT2D eigenvalue weighted by Crippen LogP contribution is -2.54. The van der Waals surface area contributed by atoms with Crippen LogP contribution in [0.3, 0.4) is 0 Å². The van der Waals surface area contributed by atoms with E-state index in [0.717, 1.165) is 24.6 Å². The maximum absolute atomic E-state index is 4.63. The first-order valence-electron chi connectivity index (χ1n) is 6.04. The van der Waals surface area contributed by atoms with Crippen LogP contribution in [0.5, 0.6) is 0 Å². The molecule has 0 bridgehead atoms. The number of hydrogen-bond acceptors (Lipinski definition) is 4. The summed E-state index contributed by atoms with van der Waals surface area (Å²) in [4.78, 5) is 6.96. The minimum Gasteiger partial charge on any atom is -0.353 e. The van der Waals surface area contributed by atoms with Gasteiger partial charge >= 0.3 is 0 Å². The zero-order chi connectivity index (χ0) is 11.8. The molecule has 0 spiro atoms. The number of hydrogen-bond donors (Lipinski definition) is 1. The normalized spacial score (nSPS) is 25.4. The van der Waals surface area contributed by atoms with Crippen molar-refractivity contribution in [3.05, 3.63) is 24.5 Å². The van der Waals surface area contributed by atoms with Gasteiger partial charge in [-0.1, -0.05) is 0 Å². The van der Waals surface area contributed by atoms with Gasteiger partial charge in [0.25, 0.3) is 0 Å². The molecule has 0 amide bonds. The van der Waals surface area contributed by atoms with Crippen LogP contribution in [-0.4, -0.2) is 39.8 Å². The highest BCUT2D eigenvalue weighted by Crippen LogP contribution is 2.15. The summed E-state index contributed by atoms with van der Waals surface area (Å²) in [6.45, 7) is 6.42. The zero-order valence-electron chi connectivity index (χ0n) is 10.2. The fourth-order valence-corrected chi connectivity index (χ4v) is 2.49. The van der Waals surface area contributed by atoms with Gasteiger partial charge in [0, 0.05) is 37.4 Å². The first-order chi connectivity index (χ1) is 8.22. The Hall–Kier alpha value is -1.62. The topological polar surface area (TPSA) is 45.5 Å². The van der Waals surface area contributed by atoms with Crippen LogP contribution < -0.4 is 10.2 Å². The van der Waals surface area contributed by atoms with Gasteiger partial charge in [-0.2, -0.15) is 5.10 Å². The van der Waals surface area contributed by atoms with Gasteiger partial charge in [0.2, 0.25) is 0 Å². The summed E-state index contributed by atoms with van der Waals surface area (Å²) in [5.41, 5.74) is 0.904. The monoisotopic (exact) mass is 231 g/mol. The van der Waals surface area contributed by atoms with E-state index in [1.807, 2.05) is 18.3 Å². The van der Waals surface area contributed by atoms with Crippen LogP contribution in [0.15, 0.2) is 24.5 Å². The first-order valence-corrected chi connectivity index (χ1v) is 6.04. The van der Waals surface area contributed by atoms with Crippen molar-refractivity contribution in [2.75, 3.05) is 18.0 Å². The lowest BCUT2D eigenvalue weighted by atomic mass is 10.1. The SMILES string of the molecule is CC1CN(c2ccn3nccc3n2)CC(C)N1. The van der Waals surface area contributed by atoms with Crippen molar-refractivity contribution in [2.24, 2.45) is 0 Å². The number of aromatic nitrogens is 3. The molecule has 2 atom stereocenters. The summed E-state index contributed by atoms with van der Waals surface area (Å²) in [5, 5.41) is 7.68. The van der Waals surface area contributed by atoms with Gasteiger partial charge in [0.1, 0.15) is 5.82 Å². The second-order valence-electron chi connectivity index (χ2n) is 4.79. The summed E-state index contributed by atoms with van der Waals surface area (Å²) in [7, 11) is 0. The molecule has 1 aliphatic heterocycles. The average molecular weight is 231 g/mol. The lowest BCUT2D eigenvalue weighted by molar-refractivity contribution is 0.405. The molecule has 3 rings (SSSR count). The zero-order valence-corrected chi connectivity index (χ0v) is 10.2. The average Bonchev–Trinajstić information content (AvgIpc) is 2.74. The molecule has 1 N–H and O–H groups in total. The standard InChI is InChI=1S/C12H17N5/c1-9-7-16(8-10(2)14-9)11-4-6-17-12(15-11)3-5-13-17/h3-6,9-10,14H,7-8H2,1-2H3. The fourth-order valence-electron chi connectivity index (χ4n) is 2.49. The molecule has 0 aliphatic carbocycles. The van der Waals surface area contributed by atoms with Crippen LogP contribution in [0, 0.1) is 0 Å². The highest BCUT2D eigenvalue weighted by Gasteiger charge is 2.21. The highest BCUT2D eigenvalue weighted by molar-refractivity contribution is 5.47. The van der Waals surface area contributed by atoms with E-state index in [-0.39, 0.29) is 0 Å². The second-order valence-corrected chi connectivity index (χ2v) is 4.79. The molecule has 17 heavy (non-hydrogen) atoms. The van der Waals surface area contributed by atoms with Crippen LogP contribution in [0.4, 0.5) is 5.82 Å². The highest BCUT2D eigenvalue weighted by atomic mass is 15.3. The van der Waals surface area contributed by atoms with Gasteiger partial charge in [-0.15, -0.1) is 0 Å². The molecule has 0 aromatic carbocycles. The Morgan fingerprint density at radius 1 is 1.24 bits per heavy atom. The number of anilines is 1. The van der Waals surface area contributed by atoms with Crippen LogP contribution in [-0.2, 0) is 0 Å². The number of rotatable bonds is 1. The maximum Gasteiger partial charge on any atom is 0.157 e. The van der Waals surface area contributed by atoms with Crippen molar-refractivity contribution in [1.82, 2.24) is 19.9 Å². The molecule has 1 saturated heterocycles. The maximum atomic E-state index is 4.63. The summed E-state index contributed by atoms with van der Waals surface area (Å²) in [6.07, 6.45) is 3.74. The van der Waals surface area contributed by atoms with Crippen LogP contribution in [0.1, 0.15) is 13.8 Å². The van der Waals surface area contributed by atoms with Gasteiger partial charge in [-0.05, 0) is 19.9 Å². The van der Waals surface area contributed by atoms with Crippen LogP contribution in [0.25, 0.3) is 5.65 Å². The quantitative estimate of drug-likeness (QED) is 0.792. The Morgan fingerprint density at radius 2 is 2.00 bits per heavy atom. The van der Waals surface area contributed by atoms with Crippen LogP contribution >= 0.6 is 0 Å². The van der Waals surface area contributed by atoms with Gasteiger partial charge in [-0.25, -0.2) is 9.50 Å². The van der Waals surface area contributed by atoms with E-state index in [2.05, 4.69) is 34.1 Å². The minimum atomic E-state index is 0.502. The molecular formula is C12H17N5. The molecule has 0 saturated carbocycles. The van der Waals surface area contributed by atoms with Crippen molar-refractivity contribution in [1.29, 1.82) is 0 Å². The molecule has 0 radical (unpaired) electrons. The minimum absolute atomic E-state index is 0.502. The molecule has 5 nitrogen and oxygen atoms in total. The molecule has 2 aromatic rings. The van der Waals surface area contributed by atoms with E-state index in [1.165, 1.54) is 0 Å². The van der Waals surface area contributed by atoms with E-state index >= 15 is 0 Å². The molecule has 1 fully saturated rings. The van der Waals surface area contributed by atoms with E-state index in [0.29, 0.717) is 12.1 Å². The van der Waals surface area contributed by atoms with E-state index in [9.17, 15) is 0 Å². The third-order valence-electron chi connectivity index (χ3n) is 3.12. The van der Waals surface area contributed by atoms with Crippen molar-refractivity contribution in [3.8, 4) is 0 Å². The smallest absolute Gasteiger partial charge is 0.157 e. The predicted octanol–water partition coefficient (Wildman–Crippen LogP) is 0.916. The Kier molecular flexibility index (Phi) is 2.48. The molecule has 2 aromatic heterocycles. The van der Waals surface area contributed by atoms with Crippen molar-refractivity contribution < 1.29 is 0 Å². The fraction of sp³-hybridized carbons (Fsp3) is 0.500. The lowest BCUT2D eigenvalue weighted by Gasteiger charge is -2.36. The first kappa shape index (κ1) is 10.5. The second kappa shape index (κ2) is 4.00. The summed E-state index contributed by atoms with van der Waals surface area (Å²) in [6, 6.07) is 4.96. The van der Waals surface area contributed by atoms with Gasteiger partial charge in [0.15, 0.2) is 5.65 Å². The molecule has 5 heteroatoms. The Balaban J connectivity index is 1.91. The number of fused-ring (bicyclic) bond motifs is 1. The van der Waals surface area contributed by atoms with Gasteiger partial charge in [0.05, 0.1) is 6.20 Å². The molecule has 1 aliphatic rings. The Labute approximate surface area is 100 Å². The van der Waals surface area contributed by atoms with E-state index in [4.69, 9.17) is 0 Å².